The maximum absolute atomic E-state index is 12.5. The molecule has 0 saturated carbocycles. The molecule has 0 aliphatic rings. The van der Waals surface area contributed by atoms with Crippen LogP contribution in [-0.4, -0.2) is 10.9 Å². The number of pyridine rings is 1. The van der Waals surface area contributed by atoms with E-state index < -0.39 is 23.6 Å². The fourth-order valence-electron chi connectivity index (χ4n) is 0.890. The van der Waals surface area contributed by atoms with Gasteiger partial charge in [0.05, 0.1) is 5.56 Å². The molecule has 1 heterocycles. The zero-order chi connectivity index (χ0) is 10.9. The van der Waals surface area contributed by atoms with E-state index in [0.717, 1.165) is 0 Å². The predicted molar refractivity (Wildman–Crippen MR) is 58.1 cm³/mol. The van der Waals surface area contributed by atoms with Crippen LogP contribution in [0.5, 0.6) is 0 Å². The summed E-state index contributed by atoms with van der Waals surface area (Å²) >= 11 is 4.74. The minimum Gasteiger partial charge on any atom is -0.364 e. The molecule has 1 rings (SSSR count). The SMILES string of the molecule is NC(=O)c1nc(I)cc(Br)c1C(F)F. The van der Waals surface area contributed by atoms with E-state index >= 15 is 0 Å². The van der Waals surface area contributed by atoms with Gasteiger partial charge in [0.25, 0.3) is 12.3 Å². The van der Waals surface area contributed by atoms with E-state index in [1.54, 1.807) is 0 Å². The number of rotatable bonds is 2. The third-order valence-electron chi connectivity index (χ3n) is 1.43. The van der Waals surface area contributed by atoms with Crippen molar-refractivity contribution in [3.63, 3.8) is 0 Å². The zero-order valence-electron chi connectivity index (χ0n) is 6.60. The van der Waals surface area contributed by atoms with Crippen LogP contribution in [0.25, 0.3) is 0 Å². The lowest BCUT2D eigenvalue weighted by molar-refractivity contribution is 0.0979. The molecule has 1 aromatic heterocycles. The van der Waals surface area contributed by atoms with Crippen molar-refractivity contribution in [1.82, 2.24) is 4.98 Å². The highest BCUT2D eigenvalue weighted by atomic mass is 127. The van der Waals surface area contributed by atoms with Gasteiger partial charge in [0.2, 0.25) is 0 Å². The van der Waals surface area contributed by atoms with Crippen molar-refractivity contribution in [1.29, 1.82) is 0 Å². The minimum absolute atomic E-state index is 0.140. The smallest absolute Gasteiger partial charge is 0.267 e. The summed E-state index contributed by atoms with van der Waals surface area (Å²) < 4.78 is 25.6. The van der Waals surface area contributed by atoms with Crippen molar-refractivity contribution in [2.45, 2.75) is 6.43 Å². The molecule has 1 amide bonds. The van der Waals surface area contributed by atoms with Gasteiger partial charge in [-0.3, -0.25) is 4.79 Å². The summed E-state index contributed by atoms with van der Waals surface area (Å²) in [6, 6.07) is 1.40. The van der Waals surface area contributed by atoms with Crippen LogP contribution < -0.4 is 5.73 Å². The van der Waals surface area contributed by atoms with Gasteiger partial charge in [-0.2, -0.15) is 0 Å². The normalized spacial score (nSPS) is 10.6. The molecule has 0 aromatic carbocycles. The van der Waals surface area contributed by atoms with Gasteiger partial charge >= 0.3 is 0 Å². The van der Waals surface area contributed by atoms with Crippen LogP contribution in [0.4, 0.5) is 8.78 Å². The van der Waals surface area contributed by atoms with E-state index in [2.05, 4.69) is 20.9 Å². The Morgan fingerprint density at radius 1 is 1.64 bits per heavy atom. The van der Waals surface area contributed by atoms with Crippen molar-refractivity contribution in [2.24, 2.45) is 5.73 Å². The van der Waals surface area contributed by atoms with Crippen LogP contribution in [0.3, 0.4) is 0 Å². The van der Waals surface area contributed by atoms with Crippen LogP contribution in [0.2, 0.25) is 0 Å². The number of carbonyl (C=O) groups is 1. The van der Waals surface area contributed by atoms with Gasteiger partial charge in [-0.1, -0.05) is 15.9 Å². The molecule has 76 valence electrons. The van der Waals surface area contributed by atoms with Crippen molar-refractivity contribution < 1.29 is 13.6 Å². The van der Waals surface area contributed by atoms with Crippen LogP contribution in [-0.2, 0) is 0 Å². The predicted octanol–water partition coefficient (Wildman–Crippen LogP) is 2.49. The van der Waals surface area contributed by atoms with E-state index in [1.807, 2.05) is 22.6 Å². The van der Waals surface area contributed by atoms with E-state index in [9.17, 15) is 13.6 Å². The van der Waals surface area contributed by atoms with Gasteiger partial charge in [-0.05, 0) is 28.7 Å². The number of amides is 1. The molecule has 7 heteroatoms. The van der Waals surface area contributed by atoms with Gasteiger partial charge < -0.3 is 5.73 Å². The molecule has 0 radical (unpaired) electrons. The summed E-state index contributed by atoms with van der Waals surface area (Å²) in [6.07, 6.45) is -2.78. The lowest BCUT2D eigenvalue weighted by Gasteiger charge is -2.07. The summed E-state index contributed by atoms with van der Waals surface area (Å²) in [5.74, 6) is -0.959. The zero-order valence-corrected chi connectivity index (χ0v) is 10.3. The second-order valence-electron chi connectivity index (χ2n) is 2.35. The highest BCUT2D eigenvalue weighted by Gasteiger charge is 2.22. The Kier molecular flexibility index (Phi) is 3.76. The first-order chi connectivity index (χ1) is 6.43. The Morgan fingerprint density at radius 2 is 2.21 bits per heavy atom. The number of carbonyl (C=O) groups excluding carboxylic acids is 1. The van der Waals surface area contributed by atoms with Crippen LogP contribution in [0, 0.1) is 3.70 Å². The van der Waals surface area contributed by atoms with E-state index in [-0.39, 0.29) is 4.47 Å². The van der Waals surface area contributed by atoms with E-state index in [4.69, 9.17) is 5.73 Å². The van der Waals surface area contributed by atoms with Crippen molar-refractivity contribution in [3.05, 3.63) is 25.5 Å². The van der Waals surface area contributed by atoms with Crippen molar-refractivity contribution >= 4 is 44.4 Å². The molecule has 0 unspecified atom stereocenters. The Hall–Kier alpha value is -0.310. The molecule has 2 N–H and O–H groups in total. The molecule has 0 saturated heterocycles. The fourth-order valence-corrected chi connectivity index (χ4v) is 2.45. The standard InChI is InChI=1S/C7H4BrF2IN2O/c8-2-1-3(11)13-5(7(12)14)4(2)6(9)10/h1,6H,(H2,12,14). The number of primary amides is 1. The lowest BCUT2D eigenvalue weighted by Crippen LogP contribution is -2.17. The second kappa shape index (κ2) is 4.47. The Morgan fingerprint density at radius 3 is 2.64 bits per heavy atom. The molecule has 0 atom stereocenters. The summed E-state index contributed by atoms with van der Waals surface area (Å²) in [7, 11) is 0. The first-order valence-corrected chi connectivity index (χ1v) is 5.24. The number of nitrogens with zero attached hydrogens (tertiary/aromatic N) is 1. The Balaban J connectivity index is 3.44. The van der Waals surface area contributed by atoms with Crippen LogP contribution >= 0.6 is 38.5 Å². The Bertz CT molecular complexity index is 386. The van der Waals surface area contributed by atoms with E-state index in [0.29, 0.717) is 3.70 Å². The largest absolute Gasteiger partial charge is 0.364 e. The average Bonchev–Trinajstić information content (AvgIpc) is 2.01. The molecule has 14 heavy (non-hydrogen) atoms. The summed E-state index contributed by atoms with van der Waals surface area (Å²) in [5, 5.41) is 0. The second-order valence-corrected chi connectivity index (χ2v) is 4.31. The monoisotopic (exact) mass is 376 g/mol. The first-order valence-electron chi connectivity index (χ1n) is 3.37. The molecule has 0 spiro atoms. The average molecular weight is 377 g/mol. The molecular formula is C7H4BrF2IN2O. The summed E-state index contributed by atoms with van der Waals surface area (Å²) in [4.78, 5) is 14.5. The van der Waals surface area contributed by atoms with Crippen LogP contribution in [0.15, 0.2) is 10.5 Å². The van der Waals surface area contributed by atoms with Crippen molar-refractivity contribution in [2.75, 3.05) is 0 Å². The van der Waals surface area contributed by atoms with Gasteiger partial charge in [0, 0.05) is 4.47 Å². The molecule has 0 bridgehead atoms. The summed E-state index contributed by atoms with van der Waals surface area (Å²) in [6.45, 7) is 0. The number of hydrogen-bond acceptors (Lipinski definition) is 2. The third kappa shape index (κ3) is 2.38. The third-order valence-corrected chi connectivity index (χ3v) is 2.64. The molecular weight excluding hydrogens is 373 g/mol. The summed E-state index contributed by atoms with van der Waals surface area (Å²) in [5.41, 5.74) is 4.08. The Labute approximate surface area is 100 Å². The van der Waals surface area contributed by atoms with Crippen LogP contribution in [0.1, 0.15) is 22.5 Å². The topological polar surface area (TPSA) is 56.0 Å². The lowest BCUT2D eigenvalue weighted by atomic mass is 10.2. The molecule has 0 aliphatic heterocycles. The highest BCUT2D eigenvalue weighted by molar-refractivity contribution is 14.1. The van der Waals surface area contributed by atoms with Gasteiger partial charge in [0.1, 0.15) is 9.39 Å². The molecule has 3 nitrogen and oxygen atoms in total. The highest BCUT2D eigenvalue weighted by Crippen LogP contribution is 2.30. The minimum atomic E-state index is -2.78. The number of halogens is 4. The van der Waals surface area contributed by atoms with E-state index in [1.165, 1.54) is 6.07 Å². The van der Waals surface area contributed by atoms with Gasteiger partial charge in [0.15, 0.2) is 0 Å². The molecule has 0 aliphatic carbocycles. The number of aromatic nitrogens is 1. The first kappa shape index (κ1) is 11.8. The molecule has 1 aromatic rings. The quantitative estimate of drug-likeness (QED) is 0.636. The van der Waals surface area contributed by atoms with Crippen molar-refractivity contribution in [3.8, 4) is 0 Å². The number of alkyl halides is 2. The van der Waals surface area contributed by atoms with Gasteiger partial charge in [-0.15, -0.1) is 0 Å². The maximum atomic E-state index is 12.5. The number of hydrogen-bond donors (Lipinski definition) is 1. The fraction of sp³-hybridized carbons (Fsp3) is 0.143. The maximum Gasteiger partial charge on any atom is 0.267 e. The van der Waals surface area contributed by atoms with Gasteiger partial charge in [-0.25, -0.2) is 13.8 Å². The molecule has 0 fully saturated rings. The number of nitrogens with two attached hydrogens (primary N) is 1.